The van der Waals surface area contributed by atoms with E-state index in [2.05, 4.69) is 49.5 Å². The zero-order valence-corrected chi connectivity index (χ0v) is 71.0. The third-order valence-electron chi connectivity index (χ3n) is 23.5. The van der Waals surface area contributed by atoms with Crippen molar-refractivity contribution in [3.63, 3.8) is 0 Å². The molecule has 40 heteroatoms. The van der Waals surface area contributed by atoms with Gasteiger partial charge in [-0.25, -0.2) is 4.79 Å². The molecule has 9 aliphatic rings. The summed E-state index contributed by atoms with van der Waals surface area (Å²) in [5, 5.41) is 149. The van der Waals surface area contributed by atoms with E-state index >= 15 is 28.8 Å². The summed E-state index contributed by atoms with van der Waals surface area (Å²) in [5.74, 6) is -16.8. The molecule has 3 fully saturated rings. The second-order valence-corrected chi connectivity index (χ2v) is 33.0. The van der Waals surface area contributed by atoms with Gasteiger partial charge in [-0.3, -0.25) is 38.4 Å². The molecule has 0 unspecified atom stereocenters. The van der Waals surface area contributed by atoms with Crippen molar-refractivity contribution in [2.24, 2.45) is 0 Å². The van der Waals surface area contributed by atoms with Crippen LogP contribution in [0.4, 0.5) is 0 Å². The maximum absolute atomic E-state index is 16.9. The summed E-state index contributed by atoms with van der Waals surface area (Å²) < 4.78 is 50.0. The Balaban J connectivity index is 1.000. The fourth-order valence-electron chi connectivity index (χ4n) is 16.4. The van der Waals surface area contributed by atoms with Gasteiger partial charge >= 0.3 is 5.97 Å². The number of esters is 1. The normalized spacial score (nSPS) is 26.6. The van der Waals surface area contributed by atoms with Crippen LogP contribution in [0.2, 0.25) is 10.0 Å². The van der Waals surface area contributed by atoms with Gasteiger partial charge in [-0.15, -0.1) is 0 Å². The zero-order chi connectivity index (χ0) is 91.4. The number of rotatable bonds is 18. The molecule has 16 rings (SSSR count). The lowest BCUT2D eigenvalue weighted by Crippen LogP contribution is -2.66. The minimum Gasteiger partial charge on any atom is -0.508 e. The molecule has 38 nitrogen and oxygen atoms in total. The number of hydrogen-bond donors (Lipinski definition) is 19. The number of aliphatic hydroxyl groups is 7. The van der Waals surface area contributed by atoms with Crippen LogP contribution in [0.3, 0.4) is 0 Å². The largest absolute Gasteiger partial charge is 0.508 e. The molecule has 19 N–H and O–H groups in total. The Morgan fingerprint density at radius 3 is 1.88 bits per heavy atom. The molecule has 9 heterocycles. The third-order valence-corrected chi connectivity index (χ3v) is 24.2. The van der Waals surface area contributed by atoms with Crippen molar-refractivity contribution >= 4 is 76.4 Å². The summed E-state index contributed by atoms with van der Waals surface area (Å²) in [4.78, 5) is 143. The van der Waals surface area contributed by atoms with E-state index in [1.807, 2.05) is 4.90 Å². The Morgan fingerprint density at radius 1 is 0.547 bits per heavy atom. The molecule has 18 atom stereocenters. The Bertz CT molecular complexity index is 5370. The maximum atomic E-state index is 16.9. The van der Waals surface area contributed by atoms with Crippen LogP contribution in [0.5, 0.6) is 69.0 Å². The number of nitrogens with one attached hydrogen (secondary N) is 8. The number of aliphatic hydroxyl groups excluding tert-OH is 7. The summed E-state index contributed by atoms with van der Waals surface area (Å²) in [6, 6.07) is 6.32. The highest BCUT2D eigenvalue weighted by atomic mass is 35.5. The molecular weight excluding hydrogens is 1720 g/mol. The predicted molar refractivity (Wildman–Crippen MR) is 450 cm³/mol. The lowest BCUT2D eigenvalue weighted by Gasteiger charge is -2.41. The molecule has 3 saturated heterocycles. The Morgan fingerprint density at radius 2 is 1.19 bits per heavy atom. The number of aromatic hydroxyl groups is 4. The predicted octanol–water partition coefficient (Wildman–Crippen LogP) is 3.72. The molecular formula is C88H98Cl2N10O28. The molecule has 8 amide bonds. The van der Waals surface area contributed by atoms with Crippen LogP contribution in [0.15, 0.2) is 115 Å². The van der Waals surface area contributed by atoms with E-state index in [0.29, 0.717) is 18.4 Å². The number of benzene rings is 7. The number of fused-ring (bicyclic) bond motifs is 14. The number of unbranched alkanes of at least 4 members (excludes halogenated alkanes) is 7. The highest BCUT2D eigenvalue weighted by Gasteiger charge is 2.52. The summed E-state index contributed by atoms with van der Waals surface area (Å²) in [5.41, 5.74) is -2.46. The van der Waals surface area contributed by atoms with Gasteiger partial charge in [0.2, 0.25) is 65.6 Å². The second kappa shape index (κ2) is 39.8. The molecule has 0 saturated carbocycles. The van der Waals surface area contributed by atoms with Gasteiger partial charge in [0.25, 0.3) is 0 Å². The van der Waals surface area contributed by atoms with E-state index in [1.54, 1.807) is 7.05 Å². The number of halogens is 2. The lowest BCUT2D eigenvalue weighted by atomic mass is 9.89. The van der Waals surface area contributed by atoms with Crippen molar-refractivity contribution in [2.75, 3.05) is 54.0 Å². The van der Waals surface area contributed by atoms with Crippen molar-refractivity contribution in [3.05, 3.63) is 164 Å². The standard InChI is InChI=1S/C88H98Cl2N10O28/c1-5-6-7-8-9-10-11-12-13-61(106)93-70-73(109)75(111)78(86(120)121-4)128-87(70)127-77-58-32-43-33-59(77)124-55-23-18-42(30-50(55)89)71(107)69-84(118)97-68(85(119)100-26-24-99(3)25-27-100)48-34-44(102)35-57(125-88-76(112)74(110)72(108)60(38-101)126-88)62(48)47-29-40(16-21-52(47)103)65(81(115)98-69)94-82(116)66(43)95-83(117)67-49-36-46(37-54(105)63(49)90)123-56-31-41(17-22-53(56)104)64(91-2)80(114)92-51(79(113)96-67)28-39-14-19-45(122-58)20-15-39/h14-23,29-37,51,60,64-76,78,87-88,91,101-105,107-112H,5-13,24-28,38H2,1-4H3,(H,92,114)(H,93,106)(H,94,116)(H,95,117)(H,96,113)(H,97,118)(H,98,115)/t51-,60-,64+,65-,66-,67+,68+,69+,70-,71-,72-,73-,74+,75+,76+,78+,87-,88+/m1/s1. The second-order valence-electron chi connectivity index (χ2n) is 32.2. The maximum Gasteiger partial charge on any atom is 0.337 e. The van der Waals surface area contributed by atoms with Crippen LogP contribution in [0.25, 0.3) is 11.1 Å². The Kier molecular flexibility index (Phi) is 28.7. The first-order valence-electron chi connectivity index (χ1n) is 41.7. The SMILES string of the molecule is CCCCCCCCCCC(=O)N[C@H]1[C@H](Oc2c3cc4cc2Oc2ccc(cc2Cl)[C@@H](O)[C@@H]2NC(=O)[C@H](NC(=O)[C@@H]4NC(=O)[C@H]4NC(=O)[C@@H](Cc5ccc(cc5)O3)NC(=O)[C@@H](NC)c3ccc(O)c(c3)Oc3cc(O)c(Cl)c4c3)c3ccc(O)c(c3)-c3c(O[C@H]4O[C@H](CO)[C@@H](O)[C@H](O)[C@@H]4O)cc(O)cc3[C@@H](C(=O)N3CCN(C)CC3)NC2=O)O[C@H](C(=O)OC)[C@@H](O)[C@@H]1O. The third kappa shape index (κ3) is 19.9. The van der Waals surface area contributed by atoms with Crippen LogP contribution in [0, 0.1) is 0 Å². The van der Waals surface area contributed by atoms with Gasteiger partial charge < -0.3 is 146 Å². The van der Waals surface area contributed by atoms with E-state index in [-0.39, 0.29) is 61.0 Å². The van der Waals surface area contributed by atoms with E-state index in [1.165, 1.54) is 60.5 Å². The lowest BCUT2D eigenvalue weighted by molar-refractivity contribution is -0.277. The molecule has 128 heavy (non-hydrogen) atoms. The smallest absolute Gasteiger partial charge is 0.337 e. The van der Waals surface area contributed by atoms with Crippen molar-refractivity contribution in [2.45, 2.75) is 181 Å². The van der Waals surface area contributed by atoms with Gasteiger partial charge in [-0.1, -0.05) is 105 Å². The fraction of sp³-hybridized carbons (Fsp3) is 0.420. The minimum atomic E-state index is -2.43. The van der Waals surface area contributed by atoms with Gasteiger partial charge in [0.15, 0.2) is 29.1 Å². The van der Waals surface area contributed by atoms with Crippen LogP contribution in [0.1, 0.15) is 140 Å². The minimum absolute atomic E-state index is 0.0201. The molecule has 682 valence electrons. The summed E-state index contributed by atoms with van der Waals surface area (Å²) in [7, 11) is 4.20. The van der Waals surface area contributed by atoms with E-state index in [9.17, 15) is 70.6 Å². The number of carbonyl (C=O) groups excluding carboxylic acids is 9. The zero-order valence-electron chi connectivity index (χ0n) is 69.5. The first-order chi connectivity index (χ1) is 61.3. The number of phenols is 4. The first kappa shape index (κ1) is 92.3. The van der Waals surface area contributed by atoms with Gasteiger partial charge in [-0.2, -0.15) is 0 Å². The number of likely N-dealkylation sites (N-methyl/N-ethyl adjacent to an activating group) is 2. The molecule has 0 aromatic heterocycles. The Hall–Kier alpha value is -11.9. The topological polar surface area (TPSA) is 553 Å². The van der Waals surface area contributed by atoms with Crippen LogP contribution in [-0.4, -0.2) is 247 Å². The molecule has 7 aromatic rings. The summed E-state index contributed by atoms with van der Waals surface area (Å²) in [6.07, 6.45) is -14.2. The Labute approximate surface area is 741 Å². The van der Waals surface area contributed by atoms with Crippen LogP contribution in [-0.2, 0) is 63.8 Å². The van der Waals surface area contributed by atoms with Crippen molar-refractivity contribution in [3.8, 4) is 80.1 Å². The number of methoxy groups -OCH3 is 1. The fourth-order valence-corrected chi connectivity index (χ4v) is 16.8. The number of carbonyl (C=O) groups is 9. The molecule has 9 aliphatic heterocycles. The number of nitrogens with zero attached hydrogens (tertiary/aromatic N) is 2. The van der Waals surface area contributed by atoms with E-state index < -0.39 is 271 Å². The van der Waals surface area contributed by atoms with Crippen molar-refractivity contribution in [1.82, 2.24) is 52.3 Å². The average Bonchev–Trinajstić information content (AvgIpc) is 0.536. The van der Waals surface area contributed by atoms with Crippen molar-refractivity contribution in [1.29, 1.82) is 0 Å². The van der Waals surface area contributed by atoms with E-state index in [0.717, 1.165) is 112 Å². The average molecular weight is 1810 g/mol. The van der Waals surface area contributed by atoms with Crippen LogP contribution >= 0.6 is 23.2 Å². The molecule has 0 spiro atoms. The quantitative estimate of drug-likeness (QED) is 0.0430. The highest BCUT2D eigenvalue weighted by molar-refractivity contribution is 6.33. The van der Waals surface area contributed by atoms with Crippen LogP contribution < -0.4 is 66.2 Å². The molecule has 0 aliphatic carbocycles. The van der Waals surface area contributed by atoms with Gasteiger partial charge in [0, 0.05) is 67.8 Å². The number of hydrogen-bond acceptors (Lipinski definition) is 30. The number of piperazine rings is 1. The number of phenolic OH excluding ortho intramolecular Hbond substituents is 4. The van der Waals surface area contributed by atoms with Crippen molar-refractivity contribution < 1.29 is 137 Å². The molecule has 0 radical (unpaired) electrons. The highest BCUT2D eigenvalue weighted by Crippen LogP contribution is 2.51. The van der Waals surface area contributed by atoms with Gasteiger partial charge in [-0.05, 0) is 127 Å². The van der Waals surface area contributed by atoms with Gasteiger partial charge in [0.1, 0.15) is 131 Å². The molecule has 7 aromatic carbocycles. The number of amides is 8. The first-order valence-corrected chi connectivity index (χ1v) is 42.4. The van der Waals surface area contributed by atoms with E-state index in [4.69, 9.17) is 61.1 Å². The number of ether oxygens (including phenoxy) is 8. The summed E-state index contributed by atoms with van der Waals surface area (Å²) in [6.45, 7) is 1.75. The molecule has 17 bridgehead atoms. The summed E-state index contributed by atoms with van der Waals surface area (Å²) >= 11 is 14.4. The van der Waals surface area contributed by atoms with Gasteiger partial charge in [0.05, 0.1) is 23.8 Å². The monoisotopic (exact) mass is 1810 g/mol.